The molecule has 1 heterocycles. The van der Waals surface area contributed by atoms with Crippen molar-refractivity contribution < 1.29 is 9.50 Å². The van der Waals surface area contributed by atoms with Gasteiger partial charge in [0.05, 0.1) is 6.10 Å². The molecule has 2 rings (SSSR count). The highest BCUT2D eigenvalue weighted by Crippen LogP contribution is 2.29. The summed E-state index contributed by atoms with van der Waals surface area (Å²) < 4.78 is 15.1. The number of rotatable bonds is 6. The Bertz CT molecular complexity index is 575. The molecule has 0 radical (unpaired) electrons. The third-order valence-corrected chi connectivity index (χ3v) is 4.06. The molecule has 0 amide bonds. The monoisotopic (exact) mass is 290 g/mol. The number of aliphatic hydroxyl groups is 1. The largest absolute Gasteiger partial charge is 0.392 e. The predicted octanol–water partition coefficient (Wildman–Crippen LogP) is 3.31. The summed E-state index contributed by atoms with van der Waals surface area (Å²) in [6, 6.07) is 6.33. The highest BCUT2D eigenvalue weighted by Gasteiger charge is 2.30. The second-order valence-corrected chi connectivity index (χ2v) is 5.99. The number of aryl methyl sites for hydroxylation is 1. The van der Waals surface area contributed by atoms with E-state index in [1.54, 1.807) is 18.3 Å². The Morgan fingerprint density at radius 1 is 1.29 bits per heavy atom. The first-order valence-electron chi connectivity index (χ1n) is 7.39. The normalized spacial score (nSPS) is 13.4. The maximum atomic E-state index is 13.0. The molecule has 3 nitrogen and oxygen atoms in total. The van der Waals surface area contributed by atoms with E-state index in [9.17, 15) is 9.50 Å². The molecule has 0 bridgehead atoms. The van der Waals surface area contributed by atoms with Gasteiger partial charge in [-0.2, -0.15) is 0 Å². The molecule has 1 N–H and O–H groups in total. The number of nitrogens with zero attached hydrogens (tertiary/aromatic N) is 2. The Kier molecular flexibility index (Phi) is 4.78. The van der Waals surface area contributed by atoms with Crippen LogP contribution in [-0.2, 0) is 18.4 Å². The van der Waals surface area contributed by atoms with Crippen molar-refractivity contribution in [3.63, 3.8) is 0 Å². The molecule has 1 unspecified atom stereocenters. The van der Waals surface area contributed by atoms with E-state index in [0.717, 1.165) is 24.4 Å². The van der Waals surface area contributed by atoms with Crippen molar-refractivity contribution in [2.75, 3.05) is 0 Å². The third kappa shape index (κ3) is 3.50. The minimum atomic E-state index is -0.582. The van der Waals surface area contributed by atoms with Crippen molar-refractivity contribution in [2.45, 2.75) is 51.7 Å². The van der Waals surface area contributed by atoms with E-state index in [-0.39, 0.29) is 5.82 Å². The highest BCUT2D eigenvalue weighted by atomic mass is 19.1. The average molecular weight is 290 g/mol. The zero-order valence-corrected chi connectivity index (χ0v) is 12.9. The quantitative estimate of drug-likeness (QED) is 0.886. The van der Waals surface area contributed by atoms with Crippen LogP contribution in [0.2, 0.25) is 0 Å². The van der Waals surface area contributed by atoms with Gasteiger partial charge in [-0.15, -0.1) is 0 Å². The smallest absolute Gasteiger partial charge is 0.123 e. The van der Waals surface area contributed by atoms with E-state index in [2.05, 4.69) is 16.5 Å². The molecule has 1 aromatic heterocycles. The van der Waals surface area contributed by atoms with Crippen LogP contribution in [0, 0.1) is 5.82 Å². The summed E-state index contributed by atoms with van der Waals surface area (Å²) in [4.78, 5) is 4.34. The molecular formula is C17H23FN2O. The molecule has 4 heteroatoms. The van der Waals surface area contributed by atoms with Gasteiger partial charge in [-0.3, -0.25) is 0 Å². The molecule has 0 aliphatic rings. The van der Waals surface area contributed by atoms with Crippen LogP contribution < -0.4 is 0 Å². The molecule has 0 aliphatic heterocycles. The average Bonchev–Trinajstić information content (AvgIpc) is 2.87. The van der Waals surface area contributed by atoms with Gasteiger partial charge in [-0.25, -0.2) is 9.37 Å². The first kappa shape index (κ1) is 15.7. The Labute approximate surface area is 125 Å². The SMILES string of the molecule is CCCn1ccnc1CC(O)C(C)(C)c1ccc(F)cc1. The Morgan fingerprint density at radius 3 is 2.57 bits per heavy atom. The lowest BCUT2D eigenvalue weighted by Gasteiger charge is -2.31. The summed E-state index contributed by atoms with van der Waals surface area (Å²) in [5.74, 6) is 0.627. The highest BCUT2D eigenvalue weighted by molar-refractivity contribution is 5.26. The number of hydrogen-bond donors (Lipinski definition) is 1. The fourth-order valence-electron chi connectivity index (χ4n) is 2.47. The van der Waals surface area contributed by atoms with Gasteiger partial charge in [-0.05, 0) is 24.1 Å². The second-order valence-electron chi connectivity index (χ2n) is 5.99. The van der Waals surface area contributed by atoms with Crippen LogP contribution in [0.1, 0.15) is 38.6 Å². The van der Waals surface area contributed by atoms with E-state index in [1.807, 2.05) is 20.0 Å². The molecule has 21 heavy (non-hydrogen) atoms. The molecule has 114 valence electrons. The molecule has 0 saturated heterocycles. The van der Waals surface area contributed by atoms with Gasteiger partial charge in [0.25, 0.3) is 0 Å². The number of benzene rings is 1. The standard InChI is InChI=1S/C17H23FN2O/c1-4-10-20-11-9-19-16(20)12-15(21)17(2,3)13-5-7-14(18)8-6-13/h5-9,11,15,21H,4,10,12H2,1-3H3. The number of aromatic nitrogens is 2. The topological polar surface area (TPSA) is 38.0 Å². The van der Waals surface area contributed by atoms with Crippen LogP contribution in [-0.4, -0.2) is 20.8 Å². The summed E-state index contributed by atoms with van der Waals surface area (Å²) in [7, 11) is 0. The van der Waals surface area contributed by atoms with Gasteiger partial charge in [0, 0.05) is 30.8 Å². The van der Waals surface area contributed by atoms with Gasteiger partial charge >= 0.3 is 0 Å². The minimum Gasteiger partial charge on any atom is -0.392 e. The van der Waals surface area contributed by atoms with Crippen molar-refractivity contribution in [3.05, 3.63) is 53.9 Å². The zero-order valence-electron chi connectivity index (χ0n) is 12.9. The summed E-state index contributed by atoms with van der Waals surface area (Å²) in [5.41, 5.74) is 0.460. The Balaban J connectivity index is 2.16. The van der Waals surface area contributed by atoms with Crippen molar-refractivity contribution in [3.8, 4) is 0 Å². The van der Waals surface area contributed by atoms with Gasteiger partial charge in [0.1, 0.15) is 11.6 Å². The number of hydrogen-bond acceptors (Lipinski definition) is 2. The number of halogens is 1. The van der Waals surface area contributed by atoms with Crippen LogP contribution in [0.25, 0.3) is 0 Å². The zero-order chi connectivity index (χ0) is 15.5. The summed E-state index contributed by atoms with van der Waals surface area (Å²) >= 11 is 0. The number of aliphatic hydroxyl groups excluding tert-OH is 1. The summed E-state index contributed by atoms with van der Waals surface area (Å²) in [5, 5.41) is 10.6. The van der Waals surface area contributed by atoms with Crippen LogP contribution in [0.15, 0.2) is 36.7 Å². The first-order chi connectivity index (χ1) is 9.95. The molecule has 0 saturated carbocycles. The van der Waals surface area contributed by atoms with Crippen LogP contribution in [0.3, 0.4) is 0 Å². The molecular weight excluding hydrogens is 267 g/mol. The van der Waals surface area contributed by atoms with Gasteiger partial charge in [0.15, 0.2) is 0 Å². The lowest BCUT2D eigenvalue weighted by molar-refractivity contribution is 0.0970. The molecule has 1 aromatic carbocycles. The van der Waals surface area contributed by atoms with E-state index in [4.69, 9.17) is 0 Å². The second kappa shape index (κ2) is 6.39. The van der Waals surface area contributed by atoms with E-state index in [1.165, 1.54) is 12.1 Å². The van der Waals surface area contributed by atoms with Crippen LogP contribution >= 0.6 is 0 Å². The lowest BCUT2D eigenvalue weighted by Crippen LogP contribution is -2.36. The molecule has 1 atom stereocenters. The molecule has 2 aromatic rings. The van der Waals surface area contributed by atoms with E-state index >= 15 is 0 Å². The first-order valence-corrected chi connectivity index (χ1v) is 7.39. The molecule has 0 spiro atoms. The van der Waals surface area contributed by atoms with Crippen molar-refractivity contribution in [1.29, 1.82) is 0 Å². The van der Waals surface area contributed by atoms with Crippen molar-refractivity contribution in [1.82, 2.24) is 9.55 Å². The lowest BCUT2D eigenvalue weighted by atomic mass is 9.78. The predicted molar refractivity (Wildman–Crippen MR) is 81.7 cm³/mol. The Morgan fingerprint density at radius 2 is 1.95 bits per heavy atom. The maximum absolute atomic E-state index is 13.0. The summed E-state index contributed by atoms with van der Waals surface area (Å²) in [6.45, 7) is 6.96. The van der Waals surface area contributed by atoms with Gasteiger partial charge in [0.2, 0.25) is 0 Å². The fourth-order valence-corrected chi connectivity index (χ4v) is 2.47. The van der Waals surface area contributed by atoms with Crippen molar-refractivity contribution >= 4 is 0 Å². The Hall–Kier alpha value is -1.68. The number of imidazole rings is 1. The van der Waals surface area contributed by atoms with Crippen LogP contribution in [0.5, 0.6) is 0 Å². The summed E-state index contributed by atoms with van der Waals surface area (Å²) in [6.07, 6.45) is 4.64. The van der Waals surface area contributed by atoms with Gasteiger partial charge < -0.3 is 9.67 Å². The molecule has 0 fully saturated rings. The fraction of sp³-hybridized carbons (Fsp3) is 0.471. The van der Waals surface area contributed by atoms with E-state index < -0.39 is 11.5 Å². The van der Waals surface area contributed by atoms with Crippen molar-refractivity contribution in [2.24, 2.45) is 0 Å². The minimum absolute atomic E-state index is 0.262. The maximum Gasteiger partial charge on any atom is 0.123 e. The molecule has 0 aliphatic carbocycles. The van der Waals surface area contributed by atoms with Gasteiger partial charge in [-0.1, -0.05) is 32.9 Å². The van der Waals surface area contributed by atoms with Crippen LogP contribution in [0.4, 0.5) is 4.39 Å². The third-order valence-electron chi connectivity index (χ3n) is 4.06. The van der Waals surface area contributed by atoms with E-state index in [0.29, 0.717) is 6.42 Å².